The molecule has 4 nitrogen and oxygen atoms in total. The molecule has 2 aromatic rings. The quantitative estimate of drug-likeness (QED) is 0.681. The van der Waals surface area contributed by atoms with Crippen molar-refractivity contribution in [1.82, 2.24) is 14.6 Å². The van der Waals surface area contributed by atoms with Crippen molar-refractivity contribution in [3.63, 3.8) is 0 Å². The highest BCUT2D eigenvalue weighted by Crippen LogP contribution is 2.05. The van der Waals surface area contributed by atoms with Gasteiger partial charge in [0.25, 0.3) is 0 Å². The van der Waals surface area contributed by atoms with Crippen molar-refractivity contribution in [3.8, 4) is 0 Å². The van der Waals surface area contributed by atoms with E-state index in [2.05, 4.69) is 10.1 Å². The lowest BCUT2D eigenvalue weighted by molar-refractivity contribution is -0.107. The number of allylic oxidation sites excluding steroid dienone is 1. The lowest BCUT2D eigenvalue weighted by Gasteiger charge is -1.92. The fourth-order valence-corrected chi connectivity index (χ4v) is 1.21. The molecule has 0 amide bonds. The van der Waals surface area contributed by atoms with Gasteiger partial charge in [0, 0.05) is 12.6 Å². The molecular weight excluding hydrogens is 178 g/mol. The molecule has 2 rings (SSSR count). The van der Waals surface area contributed by atoms with Crippen LogP contribution in [0.4, 0.5) is 0 Å². The fraction of sp³-hybridized carbons (Fsp3) is 0.100. The minimum Gasteiger partial charge on any atom is -0.303 e. The summed E-state index contributed by atoms with van der Waals surface area (Å²) in [6.07, 6.45) is 8.31. The van der Waals surface area contributed by atoms with E-state index in [0.717, 1.165) is 17.6 Å². The summed E-state index contributed by atoms with van der Waals surface area (Å²) in [4.78, 5) is 14.3. The Balaban J connectivity index is 2.38. The van der Waals surface area contributed by atoms with Crippen molar-refractivity contribution in [2.45, 2.75) is 6.42 Å². The van der Waals surface area contributed by atoms with E-state index < -0.39 is 0 Å². The first kappa shape index (κ1) is 8.62. The summed E-state index contributed by atoms with van der Waals surface area (Å²) >= 11 is 0. The Labute approximate surface area is 80.9 Å². The number of imidazole rings is 1. The molecule has 0 aromatic carbocycles. The Morgan fingerprint density at radius 3 is 3.29 bits per heavy atom. The van der Waals surface area contributed by atoms with Gasteiger partial charge in [0.2, 0.25) is 0 Å². The van der Waals surface area contributed by atoms with E-state index in [1.165, 1.54) is 0 Å². The molecule has 14 heavy (non-hydrogen) atoms. The molecule has 0 radical (unpaired) electrons. The lowest BCUT2D eigenvalue weighted by atomic mass is 10.3. The third-order valence-corrected chi connectivity index (χ3v) is 1.83. The first-order valence-corrected chi connectivity index (χ1v) is 4.31. The molecule has 0 spiro atoms. The van der Waals surface area contributed by atoms with Gasteiger partial charge in [-0.2, -0.15) is 5.10 Å². The van der Waals surface area contributed by atoms with E-state index in [4.69, 9.17) is 0 Å². The average molecular weight is 187 g/mol. The SMILES string of the molecule is O=CCC=Cc1cnc2cccnn12. The predicted molar refractivity (Wildman–Crippen MR) is 52.7 cm³/mol. The maximum atomic E-state index is 10.1. The van der Waals surface area contributed by atoms with Gasteiger partial charge in [-0.05, 0) is 18.2 Å². The van der Waals surface area contributed by atoms with Crippen LogP contribution in [0.1, 0.15) is 12.1 Å². The number of rotatable bonds is 3. The van der Waals surface area contributed by atoms with Gasteiger partial charge >= 0.3 is 0 Å². The third-order valence-electron chi connectivity index (χ3n) is 1.83. The minimum atomic E-state index is 0.417. The molecule has 0 saturated heterocycles. The van der Waals surface area contributed by atoms with Crippen LogP contribution in [0.2, 0.25) is 0 Å². The van der Waals surface area contributed by atoms with Crippen LogP contribution in [0.25, 0.3) is 11.7 Å². The van der Waals surface area contributed by atoms with E-state index >= 15 is 0 Å². The van der Waals surface area contributed by atoms with Gasteiger partial charge in [-0.1, -0.05) is 6.08 Å². The highest BCUT2D eigenvalue weighted by atomic mass is 16.1. The van der Waals surface area contributed by atoms with Gasteiger partial charge in [0.05, 0.1) is 11.9 Å². The van der Waals surface area contributed by atoms with Crippen molar-refractivity contribution in [3.05, 3.63) is 36.3 Å². The molecule has 0 saturated carbocycles. The number of hydrogen-bond acceptors (Lipinski definition) is 3. The summed E-state index contributed by atoms with van der Waals surface area (Å²) in [7, 11) is 0. The first-order chi connectivity index (χ1) is 6.92. The highest BCUT2D eigenvalue weighted by molar-refractivity contribution is 5.57. The number of aromatic nitrogens is 3. The van der Waals surface area contributed by atoms with Gasteiger partial charge < -0.3 is 4.79 Å². The molecule has 0 bridgehead atoms. The molecule has 70 valence electrons. The van der Waals surface area contributed by atoms with Gasteiger partial charge in [-0.25, -0.2) is 9.50 Å². The Morgan fingerprint density at radius 2 is 2.43 bits per heavy atom. The molecule has 0 aliphatic heterocycles. The molecule has 0 N–H and O–H groups in total. The van der Waals surface area contributed by atoms with Crippen LogP contribution >= 0.6 is 0 Å². The summed E-state index contributed by atoms with van der Waals surface area (Å²) in [6.45, 7) is 0. The largest absolute Gasteiger partial charge is 0.303 e. The van der Waals surface area contributed by atoms with Crippen LogP contribution in [-0.2, 0) is 4.79 Å². The first-order valence-electron chi connectivity index (χ1n) is 4.31. The van der Waals surface area contributed by atoms with Gasteiger partial charge in [-0.3, -0.25) is 0 Å². The topological polar surface area (TPSA) is 47.3 Å². The molecule has 0 unspecified atom stereocenters. The molecule has 0 aliphatic carbocycles. The molecular formula is C10H9N3O. The smallest absolute Gasteiger partial charge is 0.154 e. The Bertz CT molecular complexity index is 473. The number of fused-ring (bicyclic) bond motifs is 1. The molecule has 4 heteroatoms. The standard InChI is InChI=1S/C10H9N3O/c14-7-2-1-4-9-8-11-10-5-3-6-12-13(9)10/h1,3-8H,2H2. The maximum Gasteiger partial charge on any atom is 0.154 e. The number of aldehydes is 1. The highest BCUT2D eigenvalue weighted by Gasteiger charge is 1.98. The summed E-state index contributed by atoms with van der Waals surface area (Å²) in [6, 6.07) is 3.71. The van der Waals surface area contributed by atoms with Crippen molar-refractivity contribution >= 4 is 18.0 Å². The van der Waals surface area contributed by atoms with Crippen molar-refractivity contribution in [2.75, 3.05) is 0 Å². The Morgan fingerprint density at radius 1 is 1.50 bits per heavy atom. The summed E-state index contributed by atoms with van der Waals surface area (Å²) < 4.78 is 1.72. The van der Waals surface area contributed by atoms with Crippen LogP contribution in [0, 0.1) is 0 Å². The Hall–Kier alpha value is -1.97. The van der Waals surface area contributed by atoms with Crippen molar-refractivity contribution < 1.29 is 4.79 Å². The molecule has 0 atom stereocenters. The zero-order valence-electron chi connectivity index (χ0n) is 7.50. The summed E-state index contributed by atoms with van der Waals surface area (Å²) in [5.74, 6) is 0. The fourth-order valence-electron chi connectivity index (χ4n) is 1.21. The number of carbonyl (C=O) groups excluding carboxylic acids is 1. The van der Waals surface area contributed by atoms with E-state index in [1.54, 1.807) is 23.0 Å². The zero-order chi connectivity index (χ0) is 9.80. The normalized spacial score (nSPS) is 11.1. The van der Waals surface area contributed by atoms with Gasteiger partial charge in [-0.15, -0.1) is 0 Å². The maximum absolute atomic E-state index is 10.1. The van der Waals surface area contributed by atoms with Gasteiger partial charge in [0.15, 0.2) is 5.65 Å². The monoisotopic (exact) mass is 187 g/mol. The zero-order valence-corrected chi connectivity index (χ0v) is 7.50. The minimum absolute atomic E-state index is 0.417. The molecule has 0 fully saturated rings. The van der Waals surface area contributed by atoms with Crippen LogP contribution in [0.15, 0.2) is 30.6 Å². The molecule has 2 heterocycles. The summed E-state index contributed by atoms with van der Waals surface area (Å²) in [5, 5.41) is 4.13. The van der Waals surface area contributed by atoms with Gasteiger partial charge in [0.1, 0.15) is 6.29 Å². The van der Waals surface area contributed by atoms with E-state index in [9.17, 15) is 4.79 Å². The van der Waals surface area contributed by atoms with E-state index in [0.29, 0.717) is 6.42 Å². The summed E-state index contributed by atoms with van der Waals surface area (Å²) in [5.41, 5.74) is 1.68. The second-order valence-corrected chi connectivity index (χ2v) is 2.78. The average Bonchev–Trinajstić information content (AvgIpc) is 2.63. The van der Waals surface area contributed by atoms with Crippen molar-refractivity contribution in [1.29, 1.82) is 0 Å². The van der Waals surface area contributed by atoms with E-state index in [-0.39, 0.29) is 0 Å². The molecule has 0 aliphatic rings. The van der Waals surface area contributed by atoms with Crippen LogP contribution < -0.4 is 0 Å². The van der Waals surface area contributed by atoms with Crippen LogP contribution in [0.5, 0.6) is 0 Å². The number of carbonyl (C=O) groups is 1. The lowest BCUT2D eigenvalue weighted by Crippen LogP contribution is -1.91. The van der Waals surface area contributed by atoms with Crippen molar-refractivity contribution in [2.24, 2.45) is 0 Å². The predicted octanol–water partition coefficient (Wildman–Crippen LogP) is 1.33. The number of hydrogen-bond donors (Lipinski definition) is 0. The molecule has 2 aromatic heterocycles. The van der Waals surface area contributed by atoms with E-state index in [1.807, 2.05) is 18.2 Å². The Kier molecular flexibility index (Phi) is 2.36. The second-order valence-electron chi connectivity index (χ2n) is 2.78. The second kappa shape index (κ2) is 3.83. The third kappa shape index (κ3) is 1.54. The van der Waals surface area contributed by atoms with Crippen LogP contribution in [-0.4, -0.2) is 20.9 Å². The number of nitrogens with zero attached hydrogens (tertiary/aromatic N) is 3. The van der Waals surface area contributed by atoms with Crippen LogP contribution in [0.3, 0.4) is 0 Å².